The summed E-state index contributed by atoms with van der Waals surface area (Å²) < 4.78 is 39.8. The Morgan fingerprint density at radius 1 is 1.25 bits per heavy atom. The molecular weight excluding hydrogens is 287 g/mol. The van der Waals surface area contributed by atoms with Gasteiger partial charge in [0.2, 0.25) is 0 Å². The topological polar surface area (TPSA) is 12.5 Å². The largest absolute Gasteiger partial charge is 0.411 e. The van der Waals surface area contributed by atoms with Crippen molar-refractivity contribution in [2.45, 2.75) is 32.0 Å². The van der Waals surface area contributed by atoms with Crippen LogP contribution >= 0.6 is 15.9 Å². The minimum absolute atomic E-state index is 0.00400. The Bertz CT molecular complexity index is 197. The van der Waals surface area contributed by atoms with Crippen LogP contribution in [0.15, 0.2) is 0 Å². The minimum atomic E-state index is -4.22. The average molecular weight is 306 g/mol. The molecule has 0 radical (unpaired) electrons. The summed E-state index contributed by atoms with van der Waals surface area (Å²) in [5.74, 6) is 0. The van der Waals surface area contributed by atoms with E-state index < -0.39 is 12.8 Å². The number of halogens is 4. The van der Waals surface area contributed by atoms with Gasteiger partial charge >= 0.3 is 6.18 Å². The molecule has 0 aliphatic heterocycles. The molecule has 0 saturated carbocycles. The van der Waals surface area contributed by atoms with Crippen LogP contribution in [0.5, 0.6) is 0 Å². The minimum Gasteiger partial charge on any atom is -0.372 e. The molecule has 0 aliphatic rings. The van der Waals surface area contributed by atoms with E-state index in [0.717, 1.165) is 11.9 Å². The molecule has 0 aromatic carbocycles. The van der Waals surface area contributed by atoms with E-state index in [1.54, 1.807) is 0 Å². The van der Waals surface area contributed by atoms with Gasteiger partial charge in [0.25, 0.3) is 0 Å². The maximum atomic E-state index is 11.7. The summed E-state index contributed by atoms with van der Waals surface area (Å²) in [7, 11) is 1.95. The fourth-order valence-corrected chi connectivity index (χ4v) is 1.42. The molecule has 0 rings (SSSR count). The van der Waals surface area contributed by atoms with Gasteiger partial charge < -0.3 is 9.64 Å². The third-order valence-electron chi connectivity index (χ3n) is 2.41. The average Bonchev–Trinajstić information content (AvgIpc) is 2.15. The van der Waals surface area contributed by atoms with E-state index in [1.165, 1.54) is 0 Å². The maximum Gasteiger partial charge on any atom is 0.411 e. The lowest BCUT2D eigenvalue weighted by Gasteiger charge is -2.34. The maximum absolute atomic E-state index is 11.7. The molecule has 0 heterocycles. The van der Waals surface area contributed by atoms with E-state index in [9.17, 15) is 13.2 Å². The fourth-order valence-electron chi connectivity index (χ4n) is 0.996. The number of ether oxygens (including phenoxy) is 1. The molecule has 0 aromatic rings. The van der Waals surface area contributed by atoms with Crippen molar-refractivity contribution in [1.29, 1.82) is 0 Å². The Kier molecular flexibility index (Phi) is 6.89. The highest BCUT2D eigenvalue weighted by atomic mass is 79.9. The van der Waals surface area contributed by atoms with Gasteiger partial charge in [-0.15, -0.1) is 0 Å². The lowest BCUT2D eigenvalue weighted by molar-refractivity contribution is -0.174. The normalized spacial score (nSPS) is 13.5. The molecule has 0 N–H and O–H groups in total. The summed E-state index contributed by atoms with van der Waals surface area (Å²) in [5, 5.41) is 0.819. The highest BCUT2D eigenvalue weighted by Crippen LogP contribution is 2.16. The Morgan fingerprint density at radius 2 is 1.81 bits per heavy atom. The second-order valence-corrected chi connectivity index (χ2v) is 4.95. The number of rotatable bonds is 7. The first kappa shape index (κ1) is 16.2. The summed E-state index contributed by atoms with van der Waals surface area (Å²) in [4.78, 5) is 2.10. The van der Waals surface area contributed by atoms with Gasteiger partial charge in [0.15, 0.2) is 0 Å². The van der Waals surface area contributed by atoms with Crippen molar-refractivity contribution in [3.8, 4) is 0 Å². The van der Waals surface area contributed by atoms with Gasteiger partial charge in [0, 0.05) is 24.0 Å². The summed E-state index contributed by atoms with van der Waals surface area (Å²) in [6.07, 6.45) is -3.62. The van der Waals surface area contributed by atoms with Gasteiger partial charge in [-0.1, -0.05) is 15.9 Å². The number of alkyl halides is 4. The molecule has 6 heteroatoms. The van der Waals surface area contributed by atoms with E-state index in [2.05, 4.69) is 39.4 Å². The zero-order chi connectivity index (χ0) is 12.8. The summed E-state index contributed by atoms with van der Waals surface area (Å²) in [5.41, 5.74) is 0.00400. The SMILES string of the molecule is CN(CCCOCC(F)(F)F)C(C)(C)CBr. The van der Waals surface area contributed by atoms with Crippen molar-refractivity contribution in [2.24, 2.45) is 0 Å². The molecule has 0 atom stereocenters. The predicted molar refractivity (Wildman–Crippen MR) is 62.0 cm³/mol. The number of nitrogens with zero attached hydrogens (tertiary/aromatic N) is 1. The van der Waals surface area contributed by atoms with Crippen LogP contribution in [0.3, 0.4) is 0 Å². The van der Waals surface area contributed by atoms with E-state index >= 15 is 0 Å². The predicted octanol–water partition coefficient (Wildman–Crippen LogP) is 3.06. The third-order valence-corrected chi connectivity index (χ3v) is 3.78. The summed E-state index contributed by atoms with van der Waals surface area (Å²) >= 11 is 3.40. The first-order chi connectivity index (χ1) is 7.19. The monoisotopic (exact) mass is 305 g/mol. The first-order valence-corrected chi connectivity index (χ1v) is 6.23. The Balaban J connectivity index is 3.60. The Labute approximate surface area is 103 Å². The second kappa shape index (κ2) is 6.81. The molecule has 98 valence electrons. The summed E-state index contributed by atoms with van der Waals surface area (Å²) in [6, 6.07) is 0. The lowest BCUT2D eigenvalue weighted by Crippen LogP contribution is -2.43. The van der Waals surface area contributed by atoms with Crippen LogP contribution < -0.4 is 0 Å². The van der Waals surface area contributed by atoms with Crippen LogP contribution in [0.1, 0.15) is 20.3 Å². The molecule has 16 heavy (non-hydrogen) atoms. The standard InChI is InChI=1S/C10H19BrF3NO/c1-9(2,7-11)15(3)5-4-6-16-8-10(12,13)14/h4-8H2,1-3H3. The fraction of sp³-hybridized carbons (Fsp3) is 1.00. The van der Waals surface area contributed by atoms with Crippen molar-refractivity contribution < 1.29 is 17.9 Å². The molecule has 0 amide bonds. The van der Waals surface area contributed by atoms with Gasteiger partial charge in [-0.2, -0.15) is 13.2 Å². The van der Waals surface area contributed by atoms with Gasteiger partial charge in [-0.25, -0.2) is 0 Å². The zero-order valence-corrected chi connectivity index (χ0v) is 11.5. The van der Waals surface area contributed by atoms with Crippen LogP contribution in [0.4, 0.5) is 13.2 Å². The number of hydrogen-bond donors (Lipinski definition) is 0. The quantitative estimate of drug-likeness (QED) is 0.529. The van der Waals surface area contributed by atoms with Gasteiger partial charge in [-0.3, -0.25) is 0 Å². The number of hydrogen-bond acceptors (Lipinski definition) is 2. The van der Waals surface area contributed by atoms with Crippen LogP contribution in [0.25, 0.3) is 0 Å². The van der Waals surface area contributed by atoms with Crippen LogP contribution in [-0.2, 0) is 4.74 Å². The van der Waals surface area contributed by atoms with E-state index in [0.29, 0.717) is 6.42 Å². The third kappa shape index (κ3) is 7.46. The zero-order valence-electron chi connectivity index (χ0n) is 9.90. The lowest BCUT2D eigenvalue weighted by atomic mass is 10.1. The highest BCUT2D eigenvalue weighted by Gasteiger charge is 2.27. The Morgan fingerprint density at radius 3 is 2.25 bits per heavy atom. The van der Waals surface area contributed by atoms with Crippen molar-refractivity contribution in [1.82, 2.24) is 4.90 Å². The summed E-state index contributed by atoms with van der Waals surface area (Å²) in [6.45, 7) is 3.84. The molecule has 2 nitrogen and oxygen atoms in total. The molecule has 0 aliphatic carbocycles. The van der Waals surface area contributed by atoms with Crippen molar-refractivity contribution in [3.05, 3.63) is 0 Å². The molecule has 0 unspecified atom stereocenters. The van der Waals surface area contributed by atoms with Gasteiger partial charge in [-0.05, 0) is 27.3 Å². The Hall–Kier alpha value is 0.190. The van der Waals surface area contributed by atoms with Crippen molar-refractivity contribution >= 4 is 15.9 Å². The molecule has 0 bridgehead atoms. The van der Waals surface area contributed by atoms with Gasteiger partial charge in [0.05, 0.1) is 0 Å². The molecule has 0 fully saturated rings. The molecular formula is C10H19BrF3NO. The van der Waals surface area contributed by atoms with Crippen LogP contribution in [0, 0.1) is 0 Å². The van der Waals surface area contributed by atoms with E-state index in [4.69, 9.17) is 0 Å². The van der Waals surface area contributed by atoms with Crippen LogP contribution in [0.2, 0.25) is 0 Å². The van der Waals surface area contributed by atoms with Gasteiger partial charge in [0.1, 0.15) is 6.61 Å². The first-order valence-electron chi connectivity index (χ1n) is 5.11. The molecule has 0 saturated heterocycles. The second-order valence-electron chi connectivity index (χ2n) is 4.39. The van der Waals surface area contributed by atoms with Crippen molar-refractivity contribution in [2.75, 3.05) is 32.1 Å². The molecule has 0 aromatic heterocycles. The van der Waals surface area contributed by atoms with Crippen molar-refractivity contribution in [3.63, 3.8) is 0 Å². The van der Waals surface area contributed by atoms with Crippen LogP contribution in [-0.4, -0.2) is 48.8 Å². The molecule has 0 spiro atoms. The van der Waals surface area contributed by atoms with E-state index in [-0.39, 0.29) is 12.1 Å². The van der Waals surface area contributed by atoms with E-state index in [1.807, 2.05) is 7.05 Å². The smallest absolute Gasteiger partial charge is 0.372 e. The highest BCUT2D eigenvalue weighted by molar-refractivity contribution is 9.09.